The van der Waals surface area contributed by atoms with Crippen LogP contribution in [0.3, 0.4) is 0 Å². The molecule has 4 heterocycles. The molecule has 0 bridgehead atoms. The van der Waals surface area contributed by atoms with Crippen molar-refractivity contribution in [3.8, 4) is 55.9 Å². The van der Waals surface area contributed by atoms with Gasteiger partial charge in [-0.05, 0) is 211 Å². The van der Waals surface area contributed by atoms with Crippen molar-refractivity contribution in [1.29, 1.82) is 0 Å². The first-order valence-corrected chi connectivity index (χ1v) is 40.7. The minimum absolute atomic E-state index is 0.0438. The Bertz CT molecular complexity index is 7220. The number of para-hydroxylation sites is 4. The van der Waals surface area contributed by atoms with Crippen LogP contribution in [0, 0.1) is 0 Å². The number of nitrogens with zero attached hydrogens (tertiary/aromatic N) is 4. The van der Waals surface area contributed by atoms with E-state index in [0.29, 0.717) is 22.7 Å². The van der Waals surface area contributed by atoms with Crippen LogP contribution in [0.4, 0.5) is 34.1 Å². The van der Waals surface area contributed by atoms with Gasteiger partial charge in [0.1, 0.15) is 0 Å². The molecule has 0 amide bonds. The van der Waals surface area contributed by atoms with E-state index in [0.717, 1.165) is 128 Å². The highest BCUT2D eigenvalue weighted by atomic mass is 15.2. The molecule has 13 aromatic carbocycles. The molecular weight excluding hydrogens is 1390 g/mol. The summed E-state index contributed by atoms with van der Waals surface area (Å²) in [7, 11) is 0. The lowest BCUT2D eigenvalue weighted by Crippen LogP contribution is -2.61. The number of hydrogen-bond donors (Lipinski definition) is 0. The molecule has 5 heteroatoms. The van der Waals surface area contributed by atoms with E-state index in [-0.39, 0.29) is 70.7 Å². The van der Waals surface area contributed by atoms with Gasteiger partial charge in [0, 0.05) is 77.9 Å². The molecule has 2 aromatic heterocycles. The molecule has 2 aliphatic heterocycles. The number of aromatic nitrogens is 2. The highest BCUT2D eigenvalue weighted by Crippen LogP contribution is 2.57. The van der Waals surface area contributed by atoms with E-state index in [2.05, 4.69) is 309 Å². The normalized spacial score (nSPS) is 15.6. The Morgan fingerprint density at radius 1 is 0.243 bits per heavy atom. The van der Waals surface area contributed by atoms with Crippen molar-refractivity contribution in [3.05, 3.63) is 305 Å². The van der Waals surface area contributed by atoms with Crippen LogP contribution in [-0.2, 0) is 43.3 Å². The third-order valence-electron chi connectivity index (χ3n) is 24.0. The Morgan fingerprint density at radius 2 is 0.530 bits per heavy atom. The first-order chi connectivity index (χ1) is 60.7. The van der Waals surface area contributed by atoms with Gasteiger partial charge in [0.2, 0.25) is 0 Å². The molecule has 0 spiro atoms. The standard InChI is InChI=1S/C110H115BN4/c1-103(2,3)72-40-36-39-69(53-72)87-61-78(109(19,20)21)63-89(71-56-75(106(10,11)12)59-76(57-71)107(13,14)15)102(87)115-97-67-81(113-94-47-34-30-43-84(94)85-44-31-35-48-95(85)113)50-52-91(97)111-90-51-49-80(112-92-45-32-28-41-82(92)83-42-29-33-46-93(83)112)66-96(90)114(98-64-79(110(22,23)24)65-99(115)100(98)111)101-86(68-37-26-25-27-38-68)60-77(108(16,17)18)62-88(101)70-54-73(104(4,5)6)58-74(55-70)105(7,8)9/h25-67H,1-24H3/i28D,29D,30D,31D,32D,33D,34D,35D,41D,42D,43D,44D,45D,46D,47D,48D. The molecular formula is C110H115BN4. The summed E-state index contributed by atoms with van der Waals surface area (Å²) in [6, 6.07) is 51.5. The summed E-state index contributed by atoms with van der Waals surface area (Å²) in [5.74, 6) is 0. The van der Waals surface area contributed by atoms with Crippen LogP contribution in [0.1, 0.15) is 233 Å². The molecule has 578 valence electrons. The lowest BCUT2D eigenvalue weighted by Gasteiger charge is -2.47. The molecule has 0 saturated heterocycles. The number of benzene rings is 13. The minimum atomic E-state index is -0.800. The van der Waals surface area contributed by atoms with Crippen molar-refractivity contribution in [3.63, 3.8) is 0 Å². The fourth-order valence-corrected chi connectivity index (χ4v) is 17.1. The lowest BCUT2D eigenvalue weighted by molar-refractivity contribution is 0.568. The van der Waals surface area contributed by atoms with E-state index in [1.807, 2.05) is 30.3 Å². The van der Waals surface area contributed by atoms with Gasteiger partial charge >= 0.3 is 0 Å². The Kier molecular flexibility index (Phi) is 14.0. The summed E-state index contributed by atoms with van der Waals surface area (Å²) in [4.78, 5) is 4.85. The Labute approximate surface area is 708 Å². The Hall–Kier alpha value is -10.9. The molecule has 0 unspecified atom stereocenters. The van der Waals surface area contributed by atoms with Crippen molar-refractivity contribution in [2.75, 3.05) is 9.80 Å². The second-order valence-electron chi connectivity index (χ2n) is 40.5. The largest absolute Gasteiger partial charge is 0.310 e. The molecule has 2 aliphatic rings. The van der Waals surface area contributed by atoms with E-state index < -0.39 is 120 Å². The van der Waals surface area contributed by atoms with Crippen LogP contribution >= 0.6 is 0 Å². The van der Waals surface area contributed by atoms with Gasteiger partial charge in [-0.3, -0.25) is 0 Å². The topological polar surface area (TPSA) is 16.3 Å². The van der Waals surface area contributed by atoms with E-state index in [1.54, 1.807) is 9.13 Å². The van der Waals surface area contributed by atoms with Gasteiger partial charge in [0.15, 0.2) is 0 Å². The second-order valence-corrected chi connectivity index (χ2v) is 40.5. The first kappa shape index (κ1) is 59.8. The SMILES string of the molecule is [2H]c1c([2H])c([2H])c2c(c1[2H])c1c([2H])c([2H])c([2H])c([2H])c1n2-c1ccc2c(c1)N(c1c(-c3ccccc3)cc(C(C)(C)C)cc1-c1cc(C(C)(C)C)cc(C(C)(C)C)c1)c1cc(C(C)(C)C)cc3c1B2c1ccc(-n2c4c([2H])c([2H])c([2H])c([2H])c4c4c([2H])c([2H])c([2H])c([2H])c42)cc1N3c1c(-c2cccc(C(C)(C)C)c2)cc(C(C)(C)C)cc1-c1cc(C(C)(C)C)cc(C(C)(C)C)c1. The molecule has 0 aliphatic carbocycles. The molecule has 0 atom stereocenters. The van der Waals surface area contributed by atoms with Crippen molar-refractivity contribution in [1.82, 2.24) is 9.13 Å². The van der Waals surface area contributed by atoms with Gasteiger partial charge in [0.25, 0.3) is 6.71 Å². The maximum Gasteiger partial charge on any atom is 0.252 e. The maximum absolute atomic E-state index is 10.1. The summed E-state index contributed by atoms with van der Waals surface area (Å²) in [6.45, 7) is 53.1. The Morgan fingerprint density at radius 3 is 0.870 bits per heavy atom. The molecule has 0 fully saturated rings. The third kappa shape index (κ3) is 13.3. The van der Waals surface area contributed by atoms with Crippen LogP contribution < -0.4 is 26.2 Å². The average molecular weight is 1520 g/mol. The summed E-state index contributed by atoms with van der Waals surface area (Å²) >= 11 is 0. The number of hydrogen-bond acceptors (Lipinski definition) is 2. The van der Waals surface area contributed by atoms with Crippen LogP contribution in [-0.4, -0.2) is 15.8 Å². The van der Waals surface area contributed by atoms with Crippen molar-refractivity contribution in [2.45, 2.75) is 209 Å². The smallest absolute Gasteiger partial charge is 0.252 e. The van der Waals surface area contributed by atoms with E-state index in [4.69, 9.17) is 0 Å². The van der Waals surface area contributed by atoms with Gasteiger partial charge in [-0.1, -0.05) is 342 Å². The quantitative estimate of drug-likeness (QED) is 0.141. The molecule has 17 rings (SSSR count). The van der Waals surface area contributed by atoms with E-state index in [9.17, 15) is 21.9 Å². The predicted octanol–water partition coefficient (Wildman–Crippen LogP) is 29.0. The zero-order valence-corrected chi connectivity index (χ0v) is 71.5. The number of fused-ring (bicyclic) bond motifs is 10. The zero-order chi connectivity index (χ0) is 95.4. The summed E-state index contributed by atoms with van der Waals surface area (Å²) in [5.41, 5.74) is 19.7. The van der Waals surface area contributed by atoms with Gasteiger partial charge in [-0.25, -0.2) is 0 Å². The summed E-state index contributed by atoms with van der Waals surface area (Å²) in [5, 5.41) is -0.267. The maximum atomic E-state index is 10.1. The molecule has 0 saturated carbocycles. The van der Waals surface area contributed by atoms with Gasteiger partial charge < -0.3 is 18.9 Å². The molecule has 4 nitrogen and oxygen atoms in total. The molecule has 115 heavy (non-hydrogen) atoms. The first-order valence-electron chi connectivity index (χ1n) is 48.7. The van der Waals surface area contributed by atoms with Gasteiger partial charge in [-0.15, -0.1) is 0 Å². The van der Waals surface area contributed by atoms with Crippen molar-refractivity contribution < 1.29 is 21.9 Å². The second kappa shape index (κ2) is 26.9. The summed E-state index contributed by atoms with van der Waals surface area (Å²) < 4.78 is 157. The lowest BCUT2D eigenvalue weighted by atomic mass is 9.33. The molecule has 0 radical (unpaired) electrons. The van der Waals surface area contributed by atoms with Gasteiger partial charge in [0.05, 0.1) is 55.4 Å². The van der Waals surface area contributed by atoms with Crippen molar-refractivity contribution >= 4 is 101 Å². The fourth-order valence-electron chi connectivity index (χ4n) is 17.1. The van der Waals surface area contributed by atoms with E-state index in [1.165, 1.54) is 0 Å². The summed E-state index contributed by atoms with van der Waals surface area (Å²) in [6.07, 6.45) is 0. The molecule has 0 N–H and O–H groups in total. The zero-order valence-electron chi connectivity index (χ0n) is 87.5. The van der Waals surface area contributed by atoms with Crippen LogP contribution in [0.5, 0.6) is 0 Å². The Balaban J connectivity index is 1.16. The predicted molar refractivity (Wildman–Crippen MR) is 500 cm³/mol. The van der Waals surface area contributed by atoms with Crippen LogP contribution in [0.15, 0.2) is 260 Å². The highest BCUT2D eigenvalue weighted by molar-refractivity contribution is 7.00. The molecule has 15 aromatic rings. The minimum Gasteiger partial charge on any atom is -0.310 e. The monoisotopic (exact) mass is 1520 g/mol. The van der Waals surface area contributed by atoms with Crippen LogP contribution in [0.2, 0.25) is 0 Å². The van der Waals surface area contributed by atoms with Crippen molar-refractivity contribution in [2.24, 2.45) is 0 Å². The van der Waals surface area contributed by atoms with E-state index >= 15 is 0 Å². The number of anilines is 6. The fraction of sp³-hybridized carbons (Fsp3) is 0.291. The highest BCUT2D eigenvalue weighted by Gasteiger charge is 2.47. The van der Waals surface area contributed by atoms with Crippen LogP contribution in [0.25, 0.3) is 99.5 Å². The van der Waals surface area contributed by atoms with Gasteiger partial charge in [-0.2, -0.15) is 0 Å². The number of rotatable bonds is 8. The third-order valence-corrected chi connectivity index (χ3v) is 24.0. The average Bonchev–Trinajstić information content (AvgIpc) is 0.916.